The van der Waals surface area contributed by atoms with Crippen LogP contribution in [0.3, 0.4) is 0 Å². The van der Waals surface area contributed by atoms with Gasteiger partial charge >= 0.3 is 0 Å². The van der Waals surface area contributed by atoms with Gasteiger partial charge in [-0.15, -0.1) is 0 Å². The molecule has 116 valence electrons. The van der Waals surface area contributed by atoms with Crippen LogP contribution in [-0.4, -0.2) is 48.4 Å². The summed E-state index contributed by atoms with van der Waals surface area (Å²) in [5.41, 5.74) is 0. The van der Waals surface area contributed by atoms with Crippen LogP contribution in [0.4, 0.5) is 5.95 Å². The number of anilines is 1. The Bertz CT molecular complexity index is 635. The fraction of sp³-hybridized carbons (Fsp3) is 0.357. The fourth-order valence-electron chi connectivity index (χ4n) is 2.06. The summed E-state index contributed by atoms with van der Waals surface area (Å²) in [6.07, 6.45) is 3.25. The Balaban J connectivity index is 1.93. The zero-order valence-corrected chi connectivity index (χ0v) is 12.8. The molecular weight excluding hydrogens is 308 g/mol. The van der Waals surface area contributed by atoms with E-state index in [1.807, 2.05) is 4.90 Å². The summed E-state index contributed by atoms with van der Waals surface area (Å²) < 4.78 is 16.3. The molecule has 1 fully saturated rings. The minimum absolute atomic E-state index is 0.206. The Hall–Kier alpha value is -2.12. The first-order valence-corrected chi connectivity index (χ1v) is 7.18. The van der Waals surface area contributed by atoms with Gasteiger partial charge in [0, 0.05) is 19.3 Å². The van der Waals surface area contributed by atoms with Gasteiger partial charge in [-0.05, 0) is 12.1 Å². The first-order valence-electron chi connectivity index (χ1n) is 6.80. The molecule has 0 N–H and O–H groups in total. The minimum Gasteiger partial charge on any atom is -0.489 e. The lowest BCUT2D eigenvalue weighted by Crippen LogP contribution is -2.37. The van der Waals surface area contributed by atoms with Crippen LogP contribution >= 0.6 is 11.6 Å². The normalized spacial score (nSPS) is 14.7. The number of hydrogen-bond donors (Lipinski definition) is 0. The Morgan fingerprint density at radius 3 is 2.77 bits per heavy atom. The molecule has 0 amide bonds. The van der Waals surface area contributed by atoms with E-state index in [4.69, 9.17) is 25.8 Å². The van der Waals surface area contributed by atoms with Gasteiger partial charge in [0.2, 0.25) is 11.7 Å². The van der Waals surface area contributed by atoms with Gasteiger partial charge in [0.15, 0.2) is 5.15 Å². The smallest absolute Gasteiger partial charge is 0.269 e. The summed E-state index contributed by atoms with van der Waals surface area (Å²) in [6.45, 7) is 2.67. The van der Waals surface area contributed by atoms with Crippen LogP contribution < -0.4 is 14.4 Å². The molecule has 0 radical (unpaired) electrons. The van der Waals surface area contributed by atoms with Crippen molar-refractivity contribution in [3.8, 4) is 17.4 Å². The number of nitrogens with zero attached hydrogens (tertiary/aromatic N) is 4. The maximum absolute atomic E-state index is 6.19. The molecule has 0 spiro atoms. The standard InChI is InChI=1S/C14H15ClN4O3/c1-20-11-12(15)17-14(19-5-7-21-8-6-19)18-13(11)22-10-3-2-4-16-9-10/h2-4,9H,5-8H2,1H3. The van der Waals surface area contributed by atoms with Crippen LogP contribution in [0.15, 0.2) is 24.5 Å². The zero-order valence-electron chi connectivity index (χ0n) is 12.0. The SMILES string of the molecule is COc1c(Cl)nc(N2CCOCC2)nc1Oc1cccnc1. The van der Waals surface area contributed by atoms with Crippen molar-refractivity contribution in [2.45, 2.75) is 0 Å². The first-order chi connectivity index (χ1) is 10.8. The molecule has 0 aromatic carbocycles. The van der Waals surface area contributed by atoms with Gasteiger partial charge < -0.3 is 19.1 Å². The third-order valence-corrected chi connectivity index (χ3v) is 3.38. The van der Waals surface area contributed by atoms with Crippen molar-refractivity contribution in [1.29, 1.82) is 0 Å². The van der Waals surface area contributed by atoms with Crippen molar-refractivity contribution < 1.29 is 14.2 Å². The summed E-state index contributed by atoms with van der Waals surface area (Å²) in [7, 11) is 1.50. The molecule has 8 heteroatoms. The molecule has 1 aliphatic rings. The summed E-state index contributed by atoms with van der Waals surface area (Å²) in [5.74, 6) is 1.59. The molecule has 0 aliphatic carbocycles. The molecule has 7 nitrogen and oxygen atoms in total. The molecular formula is C14H15ClN4O3. The second-order valence-electron chi connectivity index (χ2n) is 4.54. The summed E-state index contributed by atoms with van der Waals surface area (Å²) >= 11 is 6.19. The number of halogens is 1. The van der Waals surface area contributed by atoms with E-state index < -0.39 is 0 Å². The van der Waals surface area contributed by atoms with Gasteiger partial charge in [0.05, 0.1) is 26.5 Å². The molecule has 0 bridgehead atoms. The van der Waals surface area contributed by atoms with Crippen molar-refractivity contribution >= 4 is 17.5 Å². The highest BCUT2D eigenvalue weighted by Crippen LogP contribution is 2.36. The number of rotatable bonds is 4. The zero-order chi connectivity index (χ0) is 15.4. The van der Waals surface area contributed by atoms with Gasteiger partial charge in [-0.2, -0.15) is 9.97 Å². The molecule has 3 heterocycles. The Kier molecular flexibility index (Phi) is 4.55. The third kappa shape index (κ3) is 3.20. The molecule has 2 aromatic rings. The number of pyridine rings is 1. The third-order valence-electron chi connectivity index (χ3n) is 3.13. The van der Waals surface area contributed by atoms with Gasteiger partial charge in [-0.3, -0.25) is 4.98 Å². The number of morpholine rings is 1. The van der Waals surface area contributed by atoms with E-state index in [-0.39, 0.29) is 11.0 Å². The number of ether oxygens (including phenoxy) is 3. The molecule has 22 heavy (non-hydrogen) atoms. The van der Waals surface area contributed by atoms with Crippen LogP contribution in [0.25, 0.3) is 0 Å². The fourth-order valence-corrected chi connectivity index (χ4v) is 2.29. The molecule has 2 aromatic heterocycles. The van der Waals surface area contributed by atoms with Crippen LogP contribution in [-0.2, 0) is 4.74 Å². The highest BCUT2D eigenvalue weighted by molar-refractivity contribution is 6.31. The molecule has 0 saturated carbocycles. The average Bonchev–Trinajstić information content (AvgIpc) is 2.56. The lowest BCUT2D eigenvalue weighted by Gasteiger charge is -2.27. The lowest BCUT2D eigenvalue weighted by atomic mass is 10.4. The quantitative estimate of drug-likeness (QED) is 0.799. The van der Waals surface area contributed by atoms with E-state index in [0.29, 0.717) is 43.8 Å². The molecule has 0 unspecified atom stereocenters. The number of aromatic nitrogens is 3. The van der Waals surface area contributed by atoms with E-state index in [9.17, 15) is 0 Å². The number of methoxy groups -OCH3 is 1. The van der Waals surface area contributed by atoms with E-state index >= 15 is 0 Å². The van der Waals surface area contributed by atoms with E-state index in [1.54, 1.807) is 24.5 Å². The second-order valence-corrected chi connectivity index (χ2v) is 4.90. The van der Waals surface area contributed by atoms with Crippen molar-refractivity contribution in [3.05, 3.63) is 29.7 Å². The lowest BCUT2D eigenvalue weighted by molar-refractivity contribution is 0.122. The summed E-state index contributed by atoms with van der Waals surface area (Å²) in [5, 5.41) is 0.206. The van der Waals surface area contributed by atoms with Crippen LogP contribution in [0, 0.1) is 0 Å². The molecule has 1 aliphatic heterocycles. The van der Waals surface area contributed by atoms with E-state index in [0.717, 1.165) is 0 Å². The largest absolute Gasteiger partial charge is 0.489 e. The average molecular weight is 323 g/mol. The molecule has 3 rings (SSSR count). The van der Waals surface area contributed by atoms with Crippen molar-refractivity contribution in [1.82, 2.24) is 15.0 Å². The van der Waals surface area contributed by atoms with Crippen LogP contribution in [0.5, 0.6) is 17.4 Å². The van der Waals surface area contributed by atoms with Crippen molar-refractivity contribution in [3.63, 3.8) is 0 Å². The Morgan fingerprint density at radius 1 is 1.27 bits per heavy atom. The number of hydrogen-bond acceptors (Lipinski definition) is 7. The highest BCUT2D eigenvalue weighted by Gasteiger charge is 2.21. The maximum atomic E-state index is 6.19. The van der Waals surface area contributed by atoms with E-state index in [2.05, 4.69) is 15.0 Å². The monoisotopic (exact) mass is 322 g/mol. The van der Waals surface area contributed by atoms with E-state index in [1.165, 1.54) is 7.11 Å². The predicted octanol–water partition coefficient (Wildman–Crippen LogP) is 2.16. The van der Waals surface area contributed by atoms with Crippen molar-refractivity contribution in [2.24, 2.45) is 0 Å². The van der Waals surface area contributed by atoms with Gasteiger partial charge in [-0.1, -0.05) is 11.6 Å². The topological polar surface area (TPSA) is 69.6 Å². The van der Waals surface area contributed by atoms with Gasteiger partial charge in [0.1, 0.15) is 5.75 Å². The Morgan fingerprint density at radius 2 is 2.09 bits per heavy atom. The molecule has 0 atom stereocenters. The second kappa shape index (κ2) is 6.76. The predicted molar refractivity (Wildman–Crippen MR) is 80.9 cm³/mol. The summed E-state index contributed by atoms with van der Waals surface area (Å²) in [4.78, 5) is 14.7. The maximum Gasteiger partial charge on any atom is 0.269 e. The van der Waals surface area contributed by atoms with Crippen LogP contribution in [0.2, 0.25) is 5.15 Å². The summed E-state index contributed by atoms with van der Waals surface area (Å²) in [6, 6.07) is 3.55. The van der Waals surface area contributed by atoms with Crippen molar-refractivity contribution in [2.75, 3.05) is 38.3 Å². The Labute approximate surface area is 132 Å². The minimum atomic E-state index is 0.206. The highest BCUT2D eigenvalue weighted by atomic mass is 35.5. The first kappa shape index (κ1) is 14.8. The van der Waals surface area contributed by atoms with Crippen LogP contribution in [0.1, 0.15) is 0 Å². The van der Waals surface area contributed by atoms with Gasteiger partial charge in [-0.25, -0.2) is 0 Å². The van der Waals surface area contributed by atoms with Gasteiger partial charge in [0.25, 0.3) is 5.88 Å². The molecule has 1 saturated heterocycles.